The number of urea groups is 1. The quantitative estimate of drug-likeness (QED) is 0.357. The molecule has 1 N–H and O–H groups in total. The molecule has 4 amide bonds. The van der Waals surface area contributed by atoms with Gasteiger partial charge in [0.15, 0.2) is 0 Å². The fourth-order valence-electron chi connectivity index (χ4n) is 3.83. The Morgan fingerprint density at radius 1 is 1.03 bits per heavy atom. The average Bonchev–Trinajstić information content (AvgIpc) is 3.10. The molecular weight excluding hydrogens is 436 g/mol. The van der Waals surface area contributed by atoms with E-state index in [2.05, 4.69) is 10.3 Å². The summed E-state index contributed by atoms with van der Waals surface area (Å²) in [5.74, 6) is -1.87. The Morgan fingerprint density at radius 3 is 2.35 bits per heavy atom. The van der Waals surface area contributed by atoms with Crippen LogP contribution in [0.25, 0.3) is 11.8 Å². The van der Waals surface area contributed by atoms with Crippen LogP contribution in [0.5, 0.6) is 0 Å². The van der Waals surface area contributed by atoms with Gasteiger partial charge in [0, 0.05) is 29.5 Å². The first kappa shape index (κ1) is 22.7. The van der Waals surface area contributed by atoms with Crippen molar-refractivity contribution in [2.75, 3.05) is 11.5 Å². The molecule has 1 aromatic carbocycles. The van der Waals surface area contributed by atoms with Crippen molar-refractivity contribution in [3.8, 4) is 5.69 Å². The van der Waals surface area contributed by atoms with Crippen LogP contribution >= 0.6 is 0 Å². The molecule has 0 bridgehead atoms. The number of aryl methyl sites for hydroxylation is 1. The highest BCUT2D eigenvalue weighted by molar-refractivity contribution is 6.39. The first-order valence-electron chi connectivity index (χ1n) is 10.6. The van der Waals surface area contributed by atoms with E-state index in [1.807, 2.05) is 24.5 Å². The average molecular weight is 458 g/mol. The molecule has 0 saturated carbocycles. The predicted octanol–water partition coefficient (Wildman–Crippen LogP) is 3.33. The van der Waals surface area contributed by atoms with E-state index in [4.69, 9.17) is 4.74 Å². The predicted molar refractivity (Wildman–Crippen MR) is 124 cm³/mol. The van der Waals surface area contributed by atoms with E-state index in [1.165, 1.54) is 30.6 Å². The number of pyridine rings is 1. The van der Waals surface area contributed by atoms with Crippen molar-refractivity contribution in [3.63, 3.8) is 0 Å². The van der Waals surface area contributed by atoms with Gasteiger partial charge in [0.05, 0.1) is 17.9 Å². The van der Waals surface area contributed by atoms with E-state index in [9.17, 15) is 19.2 Å². The van der Waals surface area contributed by atoms with Gasteiger partial charge in [-0.25, -0.2) is 14.5 Å². The van der Waals surface area contributed by atoms with Gasteiger partial charge in [-0.3, -0.25) is 19.9 Å². The number of hydrogen-bond donors (Lipinski definition) is 1. The number of amides is 4. The molecule has 2 aromatic heterocycles. The van der Waals surface area contributed by atoms with Gasteiger partial charge in [-0.2, -0.15) is 0 Å². The second-order valence-corrected chi connectivity index (χ2v) is 7.59. The maximum absolute atomic E-state index is 13.1. The topological polar surface area (TPSA) is 111 Å². The number of ether oxygens (including phenoxy) is 1. The van der Waals surface area contributed by atoms with Gasteiger partial charge in [-0.1, -0.05) is 0 Å². The number of imide groups is 2. The number of carbonyl (C=O) groups excluding carboxylic acids is 4. The maximum atomic E-state index is 13.1. The van der Waals surface area contributed by atoms with E-state index >= 15 is 0 Å². The number of benzene rings is 1. The molecule has 1 fully saturated rings. The number of esters is 1. The van der Waals surface area contributed by atoms with Gasteiger partial charge in [-0.15, -0.1) is 0 Å². The van der Waals surface area contributed by atoms with Gasteiger partial charge < -0.3 is 9.30 Å². The van der Waals surface area contributed by atoms with E-state index in [1.54, 1.807) is 31.2 Å². The minimum absolute atomic E-state index is 0.158. The van der Waals surface area contributed by atoms with Crippen LogP contribution in [0.4, 0.5) is 10.5 Å². The Kier molecular flexibility index (Phi) is 6.09. The van der Waals surface area contributed by atoms with Crippen molar-refractivity contribution < 1.29 is 23.9 Å². The maximum Gasteiger partial charge on any atom is 0.338 e. The minimum Gasteiger partial charge on any atom is -0.462 e. The smallest absolute Gasteiger partial charge is 0.338 e. The molecule has 0 aliphatic carbocycles. The zero-order chi connectivity index (χ0) is 24.4. The van der Waals surface area contributed by atoms with E-state index in [-0.39, 0.29) is 5.57 Å². The zero-order valence-corrected chi connectivity index (χ0v) is 18.9. The van der Waals surface area contributed by atoms with Crippen LogP contribution in [0.1, 0.15) is 34.2 Å². The van der Waals surface area contributed by atoms with Crippen molar-refractivity contribution in [1.29, 1.82) is 0 Å². The Hall–Kier alpha value is -4.53. The van der Waals surface area contributed by atoms with Gasteiger partial charge in [0.2, 0.25) is 0 Å². The van der Waals surface area contributed by atoms with Gasteiger partial charge in [-0.05, 0) is 74.9 Å². The van der Waals surface area contributed by atoms with Crippen molar-refractivity contribution in [2.24, 2.45) is 0 Å². The second-order valence-electron chi connectivity index (χ2n) is 7.59. The molecule has 3 aromatic rings. The van der Waals surface area contributed by atoms with Crippen LogP contribution in [0.2, 0.25) is 0 Å². The Balaban J connectivity index is 1.69. The van der Waals surface area contributed by atoms with Crippen LogP contribution < -0.4 is 10.2 Å². The summed E-state index contributed by atoms with van der Waals surface area (Å²) in [5, 5.41) is 2.22. The van der Waals surface area contributed by atoms with E-state index in [0.717, 1.165) is 22.0 Å². The molecule has 172 valence electrons. The third-order valence-corrected chi connectivity index (χ3v) is 5.43. The molecule has 9 heteroatoms. The molecular formula is C25H22N4O5. The molecule has 1 aliphatic rings. The summed E-state index contributed by atoms with van der Waals surface area (Å²) in [7, 11) is 0. The standard InChI is InChI=1S/C25H22N4O5/c1-4-34-24(32)17-5-7-19(8-6-17)28-15(2)13-18(16(28)3)14-21-22(30)27-25(33)29(23(21)31)20-9-11-26-12-10-20/h5-14H,4H2,1-3H3,(H,27,30,33)/b21-14+. The van der Waals surface area contributed by atoms with E-state index in [0.29, 0.717) is 23.4 Å². The molecule has 0 spiro atoms. The number of aromatic nitrogens is 2. The lowest BCUT2D eigenvalue weighted by atomic mass is 10.1. The summed E-state index contributed by atoms with van der Waals surface area (Å²) in [6, 6.07) is 11.0. The summed E-state index contributed by atoms with van der Waals surface area (Å²) in [4.78, 5) is 54.6. The highest BCUT2D eigenvalue weighted by atomic mass is 16.5. The first-order valence-corrected chi connectivity index (χ1v) is 10.6. The van der Waals surface area contributed by atoms with Gasteiger partial charge in [0.25, 0.3) is 11.8 Å². The first-order chi connectivity index (χ1) is 16.3. The summed E-state index contributed by atoms with van der Waals surface area (Å²) in [6.07, 6.45) is 4.39. The summed E-state index contributed by atoms with van der Waals surface area (Å²) >= 11 is 0. The normalized spacial score (nSPS) is 15.0. The number of nitrogens with zero attached hydrogens (tertiary/aromatic N) is 3. The molecule has 3 heterocycles. The fourth-order valence-corrected chi connectivity index (χ4v) is 3.83. The monoisotopic (exact) mass is 458 g/mol. The van der Waals surface area contributed by atoms with Crippen molar-refractivity contribution in [3.05, 3.63) is 82.9 Å². The number of barbiturate groups is 1. The Bertz CT molecular complexity index is 1320. The number of nitrogens with one attached hydrogen (secondary N) is 1. The van der Waals surface area contributed by atoms with Gasteiger partial charge in [0.1, 0.15) is 5.57 Å². The molecule has 4 rings (SSSR count). The highest BCUT2D eigenvalue weighted by Crippen LogP contribution is 2.26. The minimum atomic E-state index is -0.814. The molecule has 0 radical (unpaired) electrons. The molecule has 1 aliphatic heterocycles. The highest BCUT2D eigenvalue weighted by Gasteiger charge is 2.37. The second kappa shape index (κ2) is 9.14. The molecule has 0 unspecified atom stereocenters. The summed E-state index contributed by atoms with van der Waals surface area (Å²) in [6.45, 7) is 5.79. The summed E-state index contributed by atoms with van der Waals surface area (Å²) in [5.41, 5.74) is 3.69. The number of carbonyl (C=O) groups is 4. The SMILES string of the molecule is CCOC(=O)c1ccc(-n2c(C)cc(/C=C3\C(=O)NC(=O)N(c4ccncc4)C3=O)c2C)cc1. The number of rotatable bonds is 5. The third kappa shape index (κ3) is 4.11. The number of hydrogen-bond acceptors (Lipinski definition) is 6. The van der Waals surface area contributed by atoms with Crippen LogP contribution in [-0.2, 0) is 14.3 Å². The van der Waals surface area contributed by atoms with Crippen molar-refractivity contribution >= 4 is 35.6 Å². The Labute approximate surface area is 195 Å². The van der Waals surface area contributed by atoms with Crippen LogP contribution in [0.3, 0.4) is 0 Å². The zero-order valence-electron chi connectivity index (χ0n) is 18.9. The van der Waals surface area contributed by atoms with Crippen LogP contribution in [0.15, 0.2) is 60.4 Å². The molecule has 34 heavy (non-hydrogen) atoms. The van der Waals surface area contributed by atoms with Crippen molar-refractivity contribution in [2.45, 2.75) is 20.8 Å². The Morgan fingerprint density at radius 2 is 1.71 bits per heavy atom. The van der Waals surface area contributed by atoms with E-state index < -0.39 is 23.8 Å². The van der Waals surface area contributed by atoms with Gasteiger partial charge >= 0.3 is 12.0 Å². The molecule has 1 saturated heterocycles. The fraction of sp³-hybridized carbons (Fsp3) is 0.160. The summed E-state index contributed by atoms with van der Waals surface area (Å²) < 4.78 is 6.97. The van der Waals surface area contributed by atoms with Crippen molar-refractivity contribution in [1.82, 2.24) is 14.9 Å². The lowest BCUT2D eigenvalue weighted by Gasteiger charge is -2.26. The van der Waals surface area contributed by atoms with Crippen LogP contribution in [-0.4, -0.2) is 40.0 Å². The lowest BCUT2D eigenvalue weighted by Crippen LogP contribution is -2.54. The lowest BCUT2D eigenvalue weighted by molar-refractivity contribution is -0.122. The number of anilines is 1. The third-order valence-electron chi connectivity index (χ3n) is 5.43. The largest absolute Gasteiger partial charge is 0.462 e. The van der Waals surface area contributed by atoms with Crippen LogP contribution in [0, 0.1) is 13.8 Å². The molecule has 9 nitrogen and oxygen atoms in total. The molecule has 0 atom stereocenters.